The van der Waals surface area contributed by atoms with Crippen molar-refractivity contribution < 1.29 is 13.9 Å². The van der Waals surface area contributed by atoms with Gasteiger partial charge in [0.25, 0.3) is 5.91 Å². The van der Waals surface area contributed by atoms with Crippen LogP contribution in [0.5, 0.6) is 0 Å². The van der Waals surface area contributed by atoms with E-state index in [0.29, 0.717) is 48.7 Å². The van der Waals surface area contributed by atoms with E-state index >= 15 is 0 Å². The van der Waals surface area contributed by atoms with Crippen molar-refractivity contribution in [3.63, 3.8) is 0 Å². The van der Waals surface area contributed by atoms with E-state index in [1.165, 1.54) is 11.0 Å². The fourth-order valence-corrected chi connectivity index (χ4v) is 3.80. The monoisotopic (exact) mass is 371 g/mol. The lowest BCUT2D eigenvalue weighted by atomic mass is 9.98. The molecule has 0 bridgehead atoms. The standard InChI is InChI=1S/C20H25N3O4/c1-22(2)20(25)13-10-14(16-4-3-5-21-16)19-15(11-13)17(24)12-18(27-19)23-6-8-26-9-7-23/h10-12,16,21H,3-9H2,1-2H3/t16-/m0/s1. The number of benzene rings is 1. The van der Waals surface area contributed by atoms with Gasteiger partial charge in [-0.3, -0.25) is 9.59 Å². The van der Waals surface area contributed by atoms with Crippen molar-refractivity contribution in [2.45, 2.75) is 18.9 Å². The zero-order valence-corrected chi connectivity index (χ0v) is 15.8. The van der Waals surface area contributed by atoms with Gasteiger partial charge >= 0.3 is 0 Å². The van der Waals surface area contributed by atoms with Crippen LogP contribution in [0, 0.1) is 0 Å². The number of ether oxygens (including phenoxy) is 1. The molecule has 2 aromatic rings. The van der Waals surface area contributed by atoms with Gasteiger partial charge in [0.1, 0.15) is 5.58 Å². The summed E-state index contributed by atoms with van der Waals surface area (Å²) in [5.74, 6) is 0.453. The fourth-order valence-electron chi connectivity index (χ4n) is 3.80. The highest BCUT2D eigenvalue weighted by Gasteiger charge is 2.25. The first-order chi connectivity index (χ1) is 13.0. The third-order valence-corrected chi connectivity index (χ3v) is 5.26. The van der Waals surface area contributed by atoms with Crippen molar-refractivity contribution in [1.82, 2.24) is 10.2 Å². The molecule has 7 nitrogen and oxygen atoms in total. The first-order valence-electron chi connectivity index (χ1n) is 9.44. The van der Waals surface area contributed by atoms with E-state index in [0.717, 1.165) is 24.9 Å². The molecule has 27 heavy (non-hydrogen) atoms. The molecule has 2 fully saturated rings. The topological polar surface area (TPSA) is 75.0 Å². The van der Waals surface area contributed by atoms with E-state index in [-0.39, 0.29) is 17.4 Å². The van der Waals surface area contributed by atoms with Gasteiger partial charge in [-0.1, -0.05) is 0 Å². The van der Waals surface area contributed by atoms with E-state index in [1.807, 2.05) is 11.0 Å². The minimum absolute atomic E-state index is 0.0884. The van der Waals surface area contributed by atoms with Crippen molar-refractivity contribution in [3.05, 3.63) is 39.5 Å². The van der Waals surface area contributed by atoms with Crippen LogP contribution in [0.4, 0.5) is 5.88 Å². The molecule has 1 N–H and O–H groups in total. The Hall–Kier alpha value is -2.38. The average molecular weight is 371 g/mol. The number of amides is 1. The second-order valence-electron chi connectivity index (χ2n) is 7.34. The molecule has 1 aromatic heterocycles. The average Bonchev–Trinajstić information content (AvgIpc) is 3.22. The Labute approximate surface area is 157 Å². The molecule has 1 aromatic carbocycles. The highest BCUT2D eigenvalue weighted by atomic mass is 16.5. The second-order valence-corrected chi connectivity index (χ2v) is 7.34. The number of rotatable bonds is 3. The maximum atomic E-state index is 12.9. The lowest BCUT2D eigenvalue weighted by molar-refractivity contribution is 0.0827. The summed E-state index contributed by atoms with van der Waals surface area (Å²) in [7, 11) is 3.42. The summed E-state index contributed by atoms with van der Waals surface area (Å²) < 4.78 is 11.6. The molecule has 2 aliphatic heterocycles. The third-order valence-electron chi connectivity index (χ3n) is 5.26. The molecule has 1 atom stereocenters. The zero-order chi connectivity index (χ0) is 19.0. The number of anilines is 1. The highest BCUT2D eigenvalue weighted by molar-refractivity contribution is 5.98. The molecule has 2 aliphatic rings. The van der Waals surface area contributed by atoms with Crippen LogP contribution in [0.15, 0.2) is 27.4 Å². The van der Waals surface area contributed by atoms with Gasteiger partial charge in [0.15, 0.2) is 11.3 Å². The summed E-state index contributed by atoms with van der Waals surface area (Å²) in [6.07, 6.45) is 2.02. The number of hydrogen-bond donors (Lipinski definition) is 1. The van der Waals surface area contributed by atoms with Crippen LogP contribution < -0.4 is 15.6 Å². The van der Waals surface area contributed by atoms with Gasteiger partial charge < -0.3 is 24.3 Å². The van der Waals surface area contributed by atoms with E-state index in [1.54, 1.807) is 20.2 Å². The van der Waals surface area contributed by atoms with Crippen molar-refractivity contribution in [2.24, 2.45) is 0 Å². The number of nitrogens with zero attached hydrogens (tertiary/aromatic N) is 2. The molecule has 1 amide bonds. The zero-order valence-electron chi connectivity index (χ0n) is 15.8. The van der Waals surface area contributed by atoms with E-state index in [2.05, 4.69) is 5.32 Å². The van der Waals surface area contributed by atoms with Gasteiger partial charge in [-0.25, -0.2) is 0 Å². The van der Waals surface area contributed by atoms with Crippen molar-refractivity contribution in [2.75, 3.05) is 51.8 Å². The predicted molar refractivity (Wildman–Crippen MR) is 104 cm³/mol. The lowest BCUT2D eigenvalue weighted by Gasteiger charge is -2.27. The SMILES string of the molecule is CN(C)C(=O)c1cc([C@@H]2CCCN2)c2oc(N3CCOCC3)cc(=O)c2c1. The third kappa shape index (κ3) is 3.44. The number of fused-ring (bicyclic) bond motifs is 1. The van der Waals surface area contributed by atoms with Crippen LogP contribution in [0.3, 0.4) is 0 Å². The van der Waals surface area contributed by atoms with E-state index in [9.17, 15) is 9.59 Å². The molecule has 2 saturated heterocycles. The largest absolute Gasteiger partial charge is 0.440 e. The molecule has 144 valence electrons. The van der Waals surface area contributed by atoms with E-state index in [4.69, 9.17) is 9.15 Å². The van der Waals surface area contributed by atoms with Crippen LogP contribution in [-0.4, -0.2) is 57.8 Å². The Bertz CT molecular complexity index is 909. The Morgan fingerprint density at radius 3 is 2.67 bits per heavy atom. The van der Waals surface area contributed by atoms with Gasteiger partial charge in [0.2, 0.25) is 0 Å². The first kappa shape index (κ1) is 18.0. The Morgan fingerprint density at radius 1 is 1.22 bits per heavy atom. The van der Waals surface area contributed by atoms with Gasteiger partial charge in [-0.2, -0.15) is 0 Å². The molecule has 4 rings (SSSR count). The fraction of sp³-hybridized carbons (Fsp3) is 0.500. The summed E-state index contributed by atoms with van der Waals surface area (Å²) in [5.41, 5.74) is 1.87. The lowest BCUT2D eigenvalue weighted by Crippen LogP contribution is -2.36. The van der Waals surface area contributed by atoms with Gasteiger partial charge in [-0.15, -0.1) is 0 Å². The summed E-state index contributed by atoms with van der Waals surface area (Å²) >= 11 is 0. The molecule has 0 saturated carbocycles. The maximum Gasteiger partial charge on any atom is 0.253 e. The van der Waals surface area contributed by atoms with Crippen LogP contribution in [0.2, 0.25) is 0 Å². The smallest absolute Gasteiger partial charge is 0.253 e. The first-order valence-corrected chi connectivity index (χ1v) is 9.44. The molecule has 0 radical (unpaired) electrons. The second kappa shape index (κ2) is 7.32. The van der Waals surface area contributed by atoms with Crippen molar-refractivity contribution in [3.8, 4) is 0 Å². The van der Waals surface area contributed by atoms with Gasteiger partial charge in [-0.05, 0) is 31.5 Å². The van der Waals surface area contributed by atoms with E-state index < -0.39 is 0 Å². The summed E-state index contributed by atoms with van der Waals surface area (Å²) in [4.78, 5) is 29.0. The summed E-state index contributed by atoms with van der Waals surface area (Å²) in [6.45, 7) is 3.56. The molecule has 7 heteroatoms. The Morgan fingerprint density at radius 2 is 2.00 bits per heavy atom. The minimum atomic E-state index is -0.120. The Kier molecular flexibility index (Phi) is 4.88. The maximum absolute atomic E-state index is 12.9. The normalized spacial score (nSPS) is 20.2. The van der Waals surface area contributed by atoms with Crippen LogP contribution in [-0.2, 0) is 4.74 Å². The number of carbonyl (C=O) groups is 1. The van der Waals surface area contributed by atoms with Crippen LogP contribution in [0.25, 0.3) is 11.0 Å². The molecular weight excluding hydrogens is 346 g/mol. The van der Waals surface area contributed by atoms with Crippen molar-refractivity contribution >= 4 is 22.8 Å². The molecular formula is C20H25N3O4. The molecule has 0 unspecified atom stereocenters. The number of nitrogens with one attached hydrogen (secondary N) is 1. The van der Waals surface area contributed by atoms with Crippen molar-refractivity contribution in [1.29, 1.82) is 0 Å². The summed E-state index contributed by atoms with van der Waals surface area (Å²) in [5, 5.41) is 3.92. The highest BCUT2D eigenvalue weighted by Crippen LogP contribution is 2.32. The van der Waals surface area contributed by atoms with Gasteiger partial charge in [0, 0.05) is 50.4 Å². The Balaban J connectivity index is 1.89. The molecule has 0 aliphatic carbocycles. The number of carbonyl (C=O) groups excluding carboxylic acids is 1. The van der Waals surface area contributed by atoms with Crippen LogP contribution in [0.1, 0.15) is 34.8 Å². The predicted octanol–water partition coefficient (Wildman–Crippen LogP) is 1.76. The minimum Gasteiger partial charge on any atom is -0.440 e. The number of hydrogen-bond acceptors (Lipinski definition) is 6. The van der Waals surface area contributed by atoms with Crippen LogP contribution >= 0.6 is 0 Å². The molecule has 0 spiro atoms. The number of morpholine rings is 1. The molecule has 3 heterocycles. The summed E-state index contributed by atoms with van der Waals surface area (Å²) in [6, 6.07) is 5.15. The van der Waals surface area contributed by atoms with Gasteiger partial charge in [0.05, 0.1) is 18.6 Å². The quantitative estimate of drug-likeness (QED) is 0.886.